The van der Waals surface area contributed by atoms with Crippen LogP contribution in [0.3, 0.4) is 0 Å². The molecular weight excluding hydrogens is 405 g/mol. The van der Waals surface area contributed by atoms with Gasteiger partial charge in [0, 0.05) is 15.6 Å². The van der Waals surface area contributed by atoms with E-state index in [1.165, 1.54) is 24.3 Å². The summed E-state index contributed by atoms with van der Waals surface area (Å²) in [7, 11) is 0. The highest BCUT2D eigenvalue weighted by molar-refractivity contribution is 6.31. The molecule has 3 rings (SSSR count). The van der Waals surface area contributed by atoms with Gasteiger partial charge in [-0.05, 0) is 66.6 Å². The lowest BCUT2D eigenvalue weighted by atomic mass is 9.85. The summed E-state index contributed by atoms with van der Waals surface area (Å²) in [5.74, 6) is -4.14. The van der Waals surface area contributed by atoms with Gasteiger partial charge in [-0.2, -0.15) is 0 Å². The van der Waals surface area contributed by atoms with E-state index in [9.17, 15) is 18.4 Å². The SMILES string of the molecule is O=C(c1ccc(Cl)cc1)C(Cc1ccc(Cl)cc1)C(=O)c1cc(F)ccc1F. The van der Waals surface area contributed by atoms with Crippen molar-refractivity contribution in [2.45, 2.75) is 6.42 Å². The highest BCUT2D eigenvalue weighted by atomic mass is 35.5. The molecule has 0 aliphatic carbocycles. The lowest BCUT2D eigenvalue weighted by Crippen LogP contribution is -2.27. The predicted octanol–water partition coefficient (Wildman–Crippen LogP) is 6.20. The maximum atomic E-state index is 14.2. The van der Waals surface area contributed by atoms with Crippen LogP contribution in [-0.4, -0.2) is 11.6 Å². The van der Waals surface area contributed by atoms with Gasteiger partial charge in [-0.25, -0.2) is 8.78 Å². The van der Waals surface area contributed by atoms with E-state index >= 15 is 0 Å². The highest BCUT2D eigenvalue weighted by Crippen LogP contribution is 2.24. The average Bonchev–Trinajstić information content (AvgIpc) is 2.69. The molecule has 0 spiro atoms. The number of halogens is 4. The Morgan fingerprint density at radius 1 is 0.786 bits per heavy atom. The van der Waals surface area contributed by atoms with E-state index in [2.05, 4.69) is 0 Å². The zero-order valence-electron chi connectivity index (χ0n) is 14.5. The van der Waals surface area contributed by atoms with Crippen molar-refractivity contribution in [3.05, 3.63) is 105 Å². The fourth-order valence-electron chi connectivity index (χ4n) is 2.85. The van der Waals surface area contributed by atoms with Crippen molar-refractivity contribution >= 4 is 34.8 Å². The van der Waals surface area contributed by atoms with Crippen LogP contribution in [0.1, 0.15) is 26.3 Å². The molecule has 3 aromatic carbocycles. The molecule has 3 aromatic rings. The standard InChI is InChI=1S/C22H14Cl2F2O2/c23-15-5-1-13(2-6-15)11-19(21(27)14-3-7-16(24)8-4-14)22(28)18-12-17(25)9-10-20(18)26/h1-10,12,19H,11H2. The molecule has 1 unspecified atom stereocenters. The van der Waals surface area contributed by atoms with Crippen LogP contribution in [-0.2, 0) is 6.42 Å². The summed E-state index contributed by atoms with van der Waals surface area (Å²) in [6.07, 6.45) is 0.0212. The van der Waals surface area contributed by atoms with Gasteiger partial charge in [-0.3, -0.25) is 9.59 Å². The van der Waals surface area contributed by atoms with Crippen LogP contribution in [0.25, 0.3) is 0 Å². The summed E-state index contributed by atoms with van der Waals surface area (Å²) < 4.78 is 27.7. The molecule has 0 aliphatic heterocycles. The summed E-state index contributed by atoms with van der Waals surface area (Å²) >= 11 is 11.7. The fourth-order valence-corrected chi connectivity index (χ4v) is 3.10. The number of rotatable bonds is 6. The predicted molar refractivity (Wildman–Crippen MR) is 105 cm³/mol. The molecule has 0 bridgehead atoms. The Kier molecular flexibility index (Phi) is 6.22. The molecule has 0 saturated heterocycles. The van der Waals surface area contributed by atoms with E-state index in [0.29, 0.717) is 15.6 Å². The quantitative estimate of drug-likeness (QED) is 0.352. The fraction of sp³-hybridized carbons (Fsp3) is 0.0909. The molecule has 0 radical (unpaired) electrons. The van der Waals surface area contributed by atoms with Crippen molar-refractivity contribution in [1.82, 2.24) is 0 Å². The second-order valence-electron chi connectivity index (χ2n) is 6.24. The Labute approximate surface area is 170 Å². The van der Waals surface area contributed by atoms with Gasteiger partial charge < -0.3 is 0 Å². The third-order valence-electron chi connectivity index (χ3n) is 4.31. The minimum atomic E-state index is -1.22. The lowest BCUT2D eigenvalue weighted by molar-refractivity contribution is 0.0804. The normalized spacial score (nSPS) is 11.9. The molecule has 2 nitrogen and oxygen atoms in total. The Balaban J connectivity index is 2.01. The topological polar surface area (TPSA) is 34.1 Å². The van der Waals surface area contributed by atoms with Gasteiger partial charge in [-0.1, -0.05) is 35.3 Å². The van der Waals surface area contributed by atoms with Crippen LogP contribution in [0.4, 0.5) is 8.78 Å². The third-order valence-corrected chi connectivity index (χ3v) is 4.81. The number of benzene rings is 3. The van der Waals surface area contributed by atoms with Crippen molar-refractivity contribution in [2.24, 2.45) is 5.92 Å². The number of carbonyl (C=O) groups excluding carboxylic acids is 2. The van der Waals surface area contributed by atoms with E-state index < -0.39 is 34.7 Å². The Hall–Kier alpha value is -2.56. The first-order valence-corrected chi connectivity index (χ1v) is 9.14. The largest absolute Gasteiger partial charge is 0.293 e. The van der Waals surface area contributed by atoms with Gasteiger partial charge >= 0.3 is 0 Å². The van der Waals surface area contributed by atoms with Crippen LogP contribution in [0.15, 0.2) is 66.7 Å². The van der Waals surface area contributed by atoms with Crippen molar-refractivity contribution < 1.29 is 18.4 Å². The lowest BCUT2D eigenvalue weighted by Gasteiger charge is -2.16. The van der Waals surface area contributed by atoms with Gasteiger partial charge in [0.2, 0.25) is 0 Å². The van der Waals surface area contributed by atoms with Crippen molar-refractivity contribution in [3.63, 3.8) is 0 Å². The molecule has 0 aliphatic rings. The van der Waals surface area contributed by atoms with Crippen molar-refractivity contribution in [2.75, 3.05) is 0 Å². The first kappa shape index (κ1) is 20.2. The maximum absolute atomic E-state index is 14.2. The van der Waals surface area contributed by atoms with E-state index in [4.69, 9.17) is 23.2 Å². The first-order valence-electron chi connectivity index (χ1n) is 8.38. The van der Waals surface area contributed by atoms with Crippen molar-refractivity contribution in [3.8, 4) is 0 Å². The number of hydrogen-bond acceptors (Lipinski definition) is 2. The Morgan fingerprint density at radius 3 is 1.96 bits per heavy atom. The number of hydrogen-bond donors (Lipinski definition) is 0. The minimum Gasteiger partial charge on any atom is -0.293 e. The molecule has 28 heavy (non-hydrogen) atoms. The van der Waals surface area contributed by atoms with Crippen LogP contribution >= 0.6 is 23.2 Å². The van der Waals surface area contributed by atoms with Gasteiger partial charge in [0.05, 0.1) is 11.5 Å². The highest BCUT2D eigenvalue weighted by Gasteiger charge is 2.30. The number of carbonyl (C=O) groups is 2. The molecule has 0 heterocycles. The summed E-state index contributed by atoms with van der Waals surface area (Å²) in [6.45, 7) is 0. The number of Topliss-reactive ketones (excluding diaryl/α,β-unsaturated/α-hetero) is 2. The van der Waals surface area contributed by atoms with Gasteiger partial charge in [0.1, 0.15) is 11.6 Å². The van der Waals surface area contributed by atoms with Gasteiger partial charge in [0.15, 0.2) is 11.6 Å². The summed E-state index contributed by atoms with van der Waals surface area (Å²) in [6, 6.07) is 15.3. The smallest absolute Gasteiger partial charge is 0.177 e. The van der Waals surface area contributed by atoms with E-state index in [-0.39, 0.29) is 12.0 Å². The van der Waals surface area contributed by atoms with Gasteiger partial charge in [0.25, 0.3) is 0 Å². The van der Waals surface area contributed by atoms with Gasteiger partial charge in [-0.15, -0.1) is 0 Å². The summed E-state index contributed by atoms with van der Waals surface area (Å²) in [5, 5.41) is 0.945. The molecular formula is C22H14Cl2F2O2. The summed E-state index contributed by atoms with van der Waals surface area (Å²) in [5.41, 5.74) is 0.469. The van der Waals surface area contributed by atoms with Crippen LogP contribution < -0.4 is 0 Å². The van der Waals surface area contributed by atoms with E-state index in [0.717, 1.165) is 18.2 Å². The van der Waals surface area contributed by atoms with Crippen molar-refractivity contribution in [1.29, 1.82) is 0 Å². The molecule has 0 aromatic heterocycles. The molecule has 142 valence electrons. The second-order valence-corrected chi connectivity index (χ2v) is 7.12. The second kappa shape index (κ2) is 8.63. The van der Waals surface area contributed by atoms with E-state index in [1.54, 1.807) is 24.3 Å². The van der Waals surface area contributed by atoms with Crippen LogP contribution in [0, 0.1) is 17.6 Å². The zero-order valence-corrected chi connectivity index (χ0v) is 16.0. The first-order chi connectivity index (χ1) is 13.3. The number of ketones is 2. The average molecular weight is 419 g/mol. The summed E-state index contributed by atoms with van der Waals surface area (Å²) in [4.78, 5) is 26.0. The molecule has 0 fully saturated rings. The monoisotopic (exact) mass is 418 g/mol. The molecule has 0 saturated carbocycles. The molecule has 0 N–H and O–H groups in total. The third kappa shape index (κ3) is 4.64. The molecule has 6 heteroatoms. The van der Waals surface area contributed by atoms with Crippen LogP contribution in [0.2, 0.25) is 10.0 Å². The Bertz CT molecular complexity index is 1020. The minimum absolute atomic E-state index is 0.0212. The maximum Gasteiger partial charge on any atom is 0.177 e. The van der Waals surface area contributed by atoms with Crippen LogP contribution in [0.5, 0.6) is 0 Å². The Morgan fingerprint density at radius 2 is 1.36 bits per heavy atom. The molecule has 1 atom stereocenters. The van der Waals surface area contributed by atoms with E-state index in [1.807, 2.05) is 0 Å². The zero-order chi connectivity index (χ0) is 20.3. The molecule has 0 amide bonds.